The number of anilines is 1. The van der Waals surface area contributed by atoms with Gasteiger partial charge >= 0.3 is 0 Å². The van der Waals surface area contributed by atoms with Gasteiger partial charge in [-0.2, -0.15) is 8.75 Å². The zero-order valence-corrected chi connectivity index (χ0v) is 17.7. The Balaban J connectivity index is 1.41. The van der Waals surface area contributed by atoms with Gasteiger partial charge in [0.1, 0.15) is 15.9 Å². The number of rotatable bonds is 7. The largest absolute Gasteiger partial charge is 0.323 e. The van der Waals surface area contributed by atoms with Gasteiger partial charge < -0.3 is 11.1 Å². The number of pyridine rings is 1. The molecule has 0 saturated heterocycles. The summed E-state index contributed by atoms with van der Waals surface area (Å²) in [6, 6.07) is 14.3. The van der Waals surface area contributed by atoms with Crippen molar-refractivity contribution >= 4 is 44.4 Å². The lowest BCUT2D eigenvalue weighted by Gasteiger charge is -2.14. The van der Waals surface area contributed by atoms with Crippen LogP contribution in [-0.2, 0) is 10.0 Å². The number of hydrogen-bond donors (Lipinski definition) is 3. The van der Waals surface area contributed by atoms with E-state index in [0.29, 0.717) is 27.8 Å². The van der Waals surface area contributed by atoms with Crippen molar-refractivity contribution in [2.45, 2.75) is 10.9 Å². The van der Waals surface area contributed by atoms with E-state index in [-0.39, 0.29) is 17.3 Å². The fourth-order valence-corrected chi connectivity index (χ4v) is 4.74. The summed E-state index contributed by atoms with van der Waals surface area (Å²) < 4.78 is 36.1. The molecule has 0 aliphatic rings. The summed E-state index contributed by atoms with van der Waals surface area (Å²) in [6.45, 7) is -0.0150. The molecule has 2 aromatic carbocycles. The molecule has 1 atom stereocenters. The van der Waals surface area contributed by atoms with E-state index in [4.69, 9.17) is 5.73 Å². The van der Waals surface area contributed by atoms with E-state index >= 15 is 0 Å². The zero-order valence-electron chi connectivity index (χ0n) is 16.1. The predicted octanol–water partition coefficient (Wildman–Crippen LogP) is 2.32. The van der Waals surface area contributed by atoms with E-state index < -0.39 is 16.1 Å². The van der Waals surface area contributed by atoms with Crippen LogP contribution in [0.5, 0.6) is 0 Å². The summed E-state index contributed by atoms with van der Waals surface area (Å²) in [6.07, 6.45) is 3.17. The monoisotopic (exact) mass is 454 g/mol. The Hall–Kier alpha value is -3.25. The van der Waals surface area contributed by atoms with Gasteiger partial charge in [-0.3, -0.25) is 9.78 Å². The molecule has 2 heterocycles. The van der Waals surface area contributed by atoms with E-state index in [0.717, 1.165) is 11.7 Å². The van der Waals surface area contributed by atoms with Gasteiger partial charge in [0, 0.05) is 36.2 Å². The third-order valence-electron chi connectivity index (χ3n) is 4.57. The summed E-state index contributed by atoms with van der Waals surface area (Å²) in [5, 5.41) is 2.77. The maximum Gasteiger partial charge on any atom is 0.255 e. The van der Waals surface area contributed by atoms with Crippen LogP contribution in [0.3, 0.4) is 0 Å². The number of sulfonamides is 1. The van der Waals surface area contributed by atoms with Crippen LogP contribution in [0.15, 0.2) is 71.9 Å². The lowest BCUT2D eigenvalue weighted by Crippen LogP contribution is -2.32. The number of fused-ring (bicyclic) bond motifs is 1. The Kier molecular flexibility index (Phi) is 6.00. The molecule has 0 aliphatic carbocycles. The fraction of sp³-hybridized carbons (Fsp3) is 0.100. The average molecular weight is 455 g/mol. The Bertz CT molecular complexity index is 1310. The van der Waals surface area contributed by atoms with Gasteiger partial charge in [0.05, 0.1) is 11.7 Å². The lowest BCUT2D eigenvalue weighted by atomic mass is 10.1. The number of aromatic nitrogens is 3. The summed E-state index contributed by atoms with van der Waals surface area (Å²) in [4.78, 5) is 16.3. The first-order valence-corrected chi connectivity index (χ1v) is 11.4. The third kappa shape index (κ3) is 4.75. The first kappa shape index (κ1) is 21.0. The third-order valence-corrected chi connectivity index (χ3v) is 6.57. The highest BCUT2D eigenvalue weighted by atomic mass is 32.2. The molecular formula is C20H18N6O3S2. The number of carbonyl (C=O) groups excluding carboxylic acids is 1. The first-order chi connectivity index (χ1) is 14.9. The minimum atomic E-state index is -3.81. The number of nitrogens with two attached hydrogens (primary N) is 1. The molecule has 2 aromatic heterocycles. The van der Waals surface area contributed by atoms with Gasteiger partial charge in [-0.15, -0.1) is 0 Å². The van der Waals surface area contributed by atoms with Gasteiger partial charge in [0.2, 0.25) is 10.0 Å². The first-order valence-electron chi connectivity index (χ1n) is 9.22. The second kappa shape index (κ2) is 8.86. The number of nitrogens with zero attached hydrogens (tertiary/aromatic N) is 3. The molecule has 0 bridgehead atoms. The molecule has 4 N–H and O–H groups in total. The summed E-state index contributed by atoms with van der Waals surface area (Å²) in [7, 11) is -3.81. The normalized spacial score (nSPS) is 12.5. The average Bonchev–Trinajstić information content (AvgIpc) is 3.27. The smallest absolute Gasteiger partial charge is 0.255 e. The second-order valence-corrected chi connectivity index (χ2v) is 8.92. The molecule has 0 spiro atoms. The van der Waals surface area contributed by atoms with Crippen molar-refractivity contribution in [2.24, 2.45) is 5.73 Å². The number of carbonyl (C=O) groups is 1. The highest BCUT2D eigenvalue weighted by Gasteiger charge is 2.20. The van der Waals surface area contributed by atoms with Crippen molar-refractivity contribution in [3.8, 4) is 0 Å². The molecule has 158 valence electrons. The fourth-order valence-electron chi connectivity index (χ4n) is 2.91. The van der Waals surface area contributed by atoms with E-state index in [9.17, 15) is 13.2 Å². The van der Waals surface area contributed by atoms with Gasteiger partial charge in [-0.25, -0.2) is 13.1 Å². The van der Waals surface area contributed by atoms with Crippen molar-refractivity contribution in [1.82, 2.24) is 18.5 Å². The van der Waals surface area contributed by atoms with Gasteiger partial charge in [-0.1, -0.05) is 18.2 Å². The van der Waals surface area contributed by atoms with Crippen LogP contribution in [0, 0.1) is 0 Å². The highest BCUT2D eigenvalue weighted by molar-refractivity contribution is 7.89. The molecule has 31 heavy (non-hydrogen) atoms. The van der Waals surface area contributed by atoms with E-state index in [2.05, 4.69) is 23.8 Å². The minimum Gasteiger partial charge on any atom is -0.323 e. The highest BCUT2D eigenvalue weighted by Crippen LogP contribution is 2.21. The minimum absolute atomic E-state index is 0.0150. The van der Waals surface area contributed by atoms with Crippen molar-refractivity contribution in [1.29, 1.82) is 0 Å². The molecule has 0 saturated carbocycles. The van der Waals surface area contributed by atoms with Crippen LogP contribution < -0.4 is 15.8 Å². The molecule has 1 amide bonds. The van der Waals surface area contributed by atoms with Crippen molar-refractivity contribution in [3.63, 3.8) is 0 Å². The van der Waals surface area contributed by atoms with Gasteiger partial charge in [-0.05, 0) is 42.0 Å². The molecular weight excluding hydrogens is 436 g/mol. The van der Waals surface area contributed by atoms with E-state index in [1.54, 1.807) is 60.9 Å². The van der Waals surface area contributed by atoms with Crippen LogP contribution in [0.2, 0.25) is 0 Å². The van der Waals surface area contributed by atoms with E-state index in [1.165, 1.54) is 6.07 Å². The summed E-state index contributed by atoms with van der Waals surface area (Å²) >= 11 is 0.956. The molecule has 0 aliphatic heterocycles. The Labute approximate surface area is 182 Å². The van der Waals surface area contributed by atoms with Crippen molar-refractivity contribution in [2.75, 3.05) is 11.9 Å². The topological polar surface area (TPSA) is 140 Å². The Morgan fingerprint density at radius 2 is 1.77 bits per heavy atom. The summed E-state index contributed by atoms with van der Waals surface area (Å²) in [5.41, 5.74) is 8.81. The number of amides is 1. The predicted molar refractivity (Wildman–Crippen MR) is 118 cm³/mol. The van der Waals surface area contributed by atoms with Gasteiger partial charge in [0.25, 0.3) is 5.91 Å². The number of nitrogens with one attached hydrogen (secondary N) is 2. The van der Waals surface area contributed by atoms with Crippen molar-refractivity contribution < 1.29 is 13.2 Å². The van der Waals surface area contributed by atoms with Crippen LogP contribution in [0.4, 0.5) is 5.69 Å². The molecule has 0 fully saturated rings. The quantitative estimate of drug-likeness (QED) is 0.389. The Morgan fingerprint density at radius 3 is 2.52 bits per heavy atom. The standard InChI is InChI=1S/C20H18N6O3S2/c21-16(12-23-31(28,29)18-3-1-2-17-19(18)26-30-25-17)13-4-6-14(7-5-13)20(27)24-15-8-10-22-11-9-15/h1-11,16,23H,12,21H2,(H,22,24,27). The van der Waals surface area contributed by atoms with Crippen LogP contribution in [0.1, 0.15) is 22.0 Å². The second-order valence-electron chi connectivity index (χ2n) is 6.66. The SMILES string of the molecule is NC(CNS(=O)(=O)c1cccc2nsnc12)c1ccc(C(=O)Nc2ccncc2)cc1. The van der Waals surface area contributed by atoms with Crippen LogP contribution in [-0.4, -0.2) is 34.6 Å². The maximum atomic E-state index is 12.7. The molecule has 9 nitrogen and oxygen atoms in total. The number of hydrogen-bond acceptors (Lipinski definition) is 8. The molecule has 11 heteroatoms. The number of benzene rings is 2. The van der Waals surface area contributed by atoms with Crippen molar-refractivity contribution in [3.05, 3.63) is 78.1 Å². The maximum absolute atomic E-state index is 12.7. The zero-order chi connectivity index (χ0) is 21.8. The molecule has 1 unspecified atom stereocenters. The molecule has 4 rings (SSSR count). The Morgan fingerprint density at radius 1 is 1.03 bits per heavy atom. The van der Waals surface area contributed by atoms with E-state index in [1.807, 2.05) is 0 Å². The summed E-state index contributed by atoms with van der Waals surface area (Å²) in [5.74, 6) is -0.267. The lowest BCUT2D eigenvalue weighted by molar-refractivity contribution is 0.102. The molecule has 4 aromatic rings. The van der Waals surface area contributed by atoms with Crippen LogP contribution >= 0.6 is 11.7 Å². The van der Waals surface area contributed by atoms with Crippen LogP contribution in [0.25, 0.3) is 11.0 Å². The van der Waals surface area contributed by atoms with Gasteiger partial charge in [0.15, 0.2) is 0 Å². The molecule has 0 radical (unpaired) electrons.